The van der Waals surface area contributed by atoms with E-state index in [0.717, 1.165) is 5.56 Å². The Bertz CT molecular complexity index is 662. The van der Waals surface area contributed by atoms with E-state index in [0.29, 0.717) is 0 Å². The second kappa shape index (κ2) is 9.04. The van der Waals surface area contributed by atoms with Crippen molar-refractivity contribution in [2.75, 3.05) is 0 Å². The second-order valence-corrected chi connectivity index (χ2v) is 6.20. The number of carbonyl (C=O) groups excluding carboxylic acids is 1. The molecule has 0 saturated heterocycles. The monoisotopic (exact) mass is 340 g/mol. The summed E-state index contributed by atoms with van der Waals surface area (Å²) in [6.07, 6.45) is 0.328. The van der Waals surface area contributed by atoms with Crippen LogP contribution in [-0.4, -0.2) is 37.5 Å². The number of hydrogen-bond donors (Lipinski definition) is 2. The molecule has 7 nitrogen and oxygen atoms in total. The van der Waals surface area contributed by atoms with E-state index < -0.39 is 34.5 Å². The fraction of sp³-hybridized carbons (Fsp3) is 0.467. The van der Waals surface area contributed by atoms with Gasteiger partial charge in [0.05, 0.1) is 0 Å². The molecule has 0 heterocycles. The van der Waals surface area contributed by atoms with E-state index in [-0.39, 0.29) is 18.8 Å². The van der Waals surface area contributed by atoms with Crippen molar-refractivity contribution < 1.29 is 23.1 Å². The topological polar surface area (TPSA) is 113 Å². The fourth-order valence-corrected chi connectivity index (χ4v) is 2.46. The van der Waals surface area contributed by atoms with Gasteiger partial charge in [-0.05, 0) is 17.9 Å². The molecule has 1 amide bonds. The van der Waals surface area contributed by atoms with Crippen LogP contribution in [0.15, 0.2) is 34.7 Å². The summed E-state index contributed by atoms with van der Waals surface area (Å²) in [6, 6.07) is 6.59. The molecule has 0 spiro atoms. The summed E-state index contributed by atoms with van der Waals surface area (Å²) >= 11 is 0. The molecular formula is C15H20N2O5S. The van der Waals surface area contributed by atoms with Crippen molar-refractivity contribution in [1.82, 2.24) is 5.32 Å². The zero-order valence-electron chi connectivity index (χ0n) is 13.0. The van der Waals surface area contributed by atoms with E-state index in [9.17, 15) is 23.1 Å². The van der Waals surface area contributed by atoms with Crippen molar-refractivity contribution in [2.24, 2.45) is 10.3 Å². The van der Waals surface area contributed by atoms with Gasteiger partial charge in [-0.3, -0.25) is 4.79 Å². The Hall–Kier alpha value is -2.22. The zero-order valence-corrected chi connectivity index (χ0v) is 13.8. The van der Waals surface area contributed by atoms with Gasteiger partial charge in [-0.25, -0.2) is 4.79 Å². The summed E-state index contributed by atoms with van der Waals surface area (Å²) < 4.78 is 24.8. The molecule has 1 rings (SSSR count). The SMILES string of the molecule is CC(C)CC(N=S(=O)=O)C(=O)NC(Cc1ccccc1)C(=O)O. The first kappa shape index (κ1) is 18.8. The smallest absolute Gasteiger partial charge is 0.326 e. The van der Waals surface area contributed by atoms with E-state index in [4.69, 9.17) is 0 Å². The van der Waals surface area contributed by atoms with E-state index in [1.165, 1.54) is 0 Å². The van der Waals surface area contributed by atoms with E-state index in [2.05, 4.69) is 9.68 Å². The number of amides is 1. The first-order valence-electron chi connectivity index (χ1n) is 7.17. The Morgan fingerprint density at radius 2 is 1.83 bits per heavy atom. The number of carboxylic acid groups (broad SMARTS) is 1. The minimum atomic E-state index is -2.73. The predicted molar refractivity (Wildman–Crippen MR) is 84.3 cm³/mol. The standard InChI is InChI=1S/C15H20N2O5S/c1-10(2)8-12(17-23(21)22)14(18)16-13(15(19)20)9-11-6-4-3-5-7-11/h3-7,10,12-13H,8-9H2,1-2H3,(H,16,18)(H,19,20). The molecule has 0 aliphatic rings. The van der Waals surface area contributed by atoms with Crippen LogP contribution in [-0.2, 0) is 26.5 Å². The molecule has 0 bridgehead atoms. The van der Waals surface area contributed by atoms with Crippen molar-refractivity contribution in [2.45, 2.75) is 38.8 Å². The lowest BCUT2D eigenvalue weighted by atomic mass is 10.0. The third kappa shape index (κ3) is 7.05. The van der Waals surface area contributed by atoms with Crippen molar-refractivity contribution in [3.63, 3.8) is 0 Å². The third-order valence-electron chi connectivity index (χ3n) is 3.11. The van der Waals surface area contributed by atoms with Gasteiger partial charge >= 0.3 is 16.5 Å². The maximum Gasteiger partial charge on any atom is 0.326 e. The molecular weight excluding hydrogens is 320 g/mol. The van der Waals surface area contributed by atoms with E-state index >= 15 is 0 Å². The minimum Gasteiger partial charge on any atom is -0.480 e. The summed E-state index contributed by atoms with van der Waals surface area (Å²) in [6.45, 7) is 3.64. The molecule has 23 heavy (non-hydrogen) atoms. The van der Waals surface area contributed by atoms with Crippen LogP contribution in [0.1, 0.15) is 25.8 Å². The Labute approximate surface area is 136 Å². The van der Waals surface area contributed by atoms with Crippen molar-refractivity contribution >= 4 is 22.4 Å². The van der Waals surface area contributed by atoms with Gasteiger partial charge in [-0.15, -0.1) is 0 Å². The lowest BCUT2D eigenvalue weighted by Crippen LogP contribution is -2.46. The van der Waals surface area contributed by atoms with Crippen LogP contribution in [0.2, 0.25) is 0 Å². The number of hydrogen-bond acceptors (Lipinski definition) is 5. The number of carbonyl (C=O) groups is 2. The maximum absolute atomic E-state index is 12.2. The van der Waals surface area contributed by atoms with Crippen LogP contribution in [0.25, 0.3) is 0 Å². The zero-order chi connectivity index (χ0) is 17.4. The molecule has 2 atom stereocenters. The highest BCUT2D eigenvalue weighted by Crippen LogP contribution is 2.10. The normalized spacial score (nSPS) is 13.2. The summed E-state index contributed by atoms with van der Waals surface area (Å²) in [4.78, 5) is 23.5. The number of benzene rings is 1. The maximum atomic E-state index is 12.2. The predicted octanol–water partition coefficient (Wildman–Crippen LogP) is 1.28. The summed E-state index contributed by atoms with van der Waals surface area (Å²) in [7, 11) is -2.73. The van der Waals surface area contributed by atoms with Gasteiger partial charge in [0, 0.05) is 6.42 Å². The Kier molecular flexibility index (Phi) is 7.40. The molecule has 0 aromatic heterocycles. The van der Waals surface area contributed by atoms with Crippen LogP contribution in [0.5, 0.6) is 0 Å². The van der Waals surface area contributed by atoms with Gasteiger partial charge in [-0.1, -0.05) is 44.2 Å². The van der Waals surface area contributed by atoms with Crippen molar-refractivity contribution in [3.05, 3.63) is 35.9 Å². The van der Waals surface area contributed by atoms with Crippen LogP contribution in [0, 0.1) is 5.92 Å². The summed E-state index contributed by atoms with van der Waals surface area (Å²) in [5.74, 6) is -1.85. The number of rotatable bonds is 8. The molecule has 1 aromatic rings. The molecule has 2 unspecified atom stereocenters. The lowest BCUT2D eigenvalue weighted by molar-refractivity contribution is -0.142. The Balaban J connectivity index is 2.86. The van der Waals surface area contributed by atoms with Crippen LogP contribution >= 0.6 is 0 Å². The van der Waals surface area contributed by atoms with Gasteiger partial charge < -0.3 is 10.4 Å². The fourth-order valence-electron chi connectivity index (χ4n) is 2.07. The van der Waals surface area contributed by atoms with Gasteiger partial charge in [0.25, 0.3) is 0 Å². The van der Waals surface area contributed by atoms with Crippen LogP contribution in [0.3, 0.4) is 0 Å². The largest absolute Gasteiger partial charge is 0.480 e. The average molecular weight is 340 g/mol. The quantitative estimate of drug-likeness (QED) is 0.740. The lowest BCUT2D eigenvalue weighted by Gasteiger charge is -2.18. The Morgan fingerprint density at radius 1 is 1.22 bits per heavy atom. The van der Waals surface area contributed by atoms with E-state index in [1.807, 2.05) is 13.8 Å². The summed E-state index contributed by atoms with van der Waals surface area (Å²) in [5.41, 5.74) is 0.755. The average Bonchev–Trinajstić information content (AvgIpc) is 2.45. The molecule has 8 heteroatoms. The van der Waals surface area contributed by atoms with Gasteiger partial charge in [0.2, 0.25) is 5.91 Å². The highest BCUT2D eigenvalue weighted by atomic mass is 32.2. The molecule has 0 aliphatic carbocycles. The number of nitrogens with zero attached hydrogens (tertiary/aromatic N) is 1. The minimum absolute atomic E-state index is 0.0375. The van der Waals surface area contributed by atoms with Crippen LogP contribution < -0.4 is 5.32 Å². The molecule has 0 fully saturated rings. The van der Waals surface area contributed by atoms with Crippen molar-refractivity contribution in [1.29, 1.82) is 0 Å². The molecule has 2 N–H and O–H groups in total. The van der Waals surface area contributed by atoms with Gasteiger partial charge in [-0.2, -0.15) is 12.8 Å². The number of aliphatic carboxylic acids is 1. The molecule has 0 aliphatic heterocycles. The molecule has 0 saturated carbocycles. The highest BCUT2D eigenvalue weighted by Gasteiger charge is 2.26. The van der Waals surface area contributed by atoms with Crippen LogP contribution in [0.4, 0.5) is 0 Å². The summed E-state index contributed by atoms with van der Waals surface area (Å²) in [5, 5.41) is 11.6. The second-order valence-electron chi connectivity index (χ2n) is 5.56. The highest BCUT2D eigenvalue weighted by molar-refractivity contribution is 7.61. The van der Waals surface area contributed by atoms with Gasteiger partial charge in [0.1, 0.15) is 12.1 Å². The first-order valence-corrected chi connectivity index (χ1v) is 8.20. The Morgan fingerprint density at radius 3 is 2.30 bits per heavy atom. The molecule has 1 aromatic carbocycles. The molecule has 0 radical (unpaired) electrons. The molecule has 126 valence electrons. The van der Waals surface area contributed by atoms with E-state index in [1.54, 1.807) is 30.3 Å². The van der Waals surface area contributed by atoms with Gasteiger partial charge in [0.15, 0.2) is 0 Å². The first-order chi connectivity index (χ1) is 10.8. The third-order valence-corrected chi connectivity index (χ3v) is 3.53. The number of nitrogens with one attached hydrogen (secondary N) is 1. The number of carboxylic acids is 1. The van der Waals surface area contributed by atoms with Crippen molar-refractivity contribution in [3.8, 4) is 0 Å².